The maximum Gasteiger partial charge on any atom is 0.222 e. The van der Waals surface area contributed by atoms with Crippen LogP contribution in [-0.2, 0) is 11.3 Å². The number of amides is 1. The minimum Gasteiger partial charge on any atom is -0.340 e. The molecule has 1 aromatic rings. The lowest BCUT2D eigenvalue weighted by Crippen LogP contribution is -2.43. The van der Waals surface area contributed by atoms with Gasteiger partial charge in [0, 0.05) is 32.1 Å². The summed E-state index contributed by atoms with van der Waals surface area (Å²) in [5, 5.41) is 0. The van der Waals surface area contributed by atoms with Crippen LogP contribution in [0.15, 0.2) is 24.3 Å². The summed E-state index contributed by atoms with van der Waals surface area (Å²) in [6.07, 6.45) is 5.28. The third-order valence-corrected chi connectivity index (χ3v) is 5.95. The molecule has 0 aliphatic carbocycles. The highest BCUT2D eigenvalue weighted by Crippen LogP contribution is 2.38. The molecule has 1 aromatic carbocycles. The van der Waals surface area contributed by atoms with Crippen LogP contribution < -0.4 is 0 Å². The van der Waals surface area contributed by atoms with Gasteiger partial charge in [-0.2, -0.15) is 0 Å². The Bertz CT molecular complexity index is 551. The van der Waals surface area contributed by atoms with Crippen molar-refractivity contribution in [2.45, 2.75) is 64.0 Å². The Morgan fingerprint density at radius 1 is 1.09 bits per heavy atom. The Morgan fingerprint density at radius 2 is 1.83 bits per heavy atom. The number of benzene rings is 1. The number of nitrogens with zero attached hydrogens (tertiary/aromatic N) is 2. The fourth-order valence-corrected chi connectivity index (χ4v) is 4.18. The number of likely N-dealkylation sites (tertiary alicyclic amines) is 2. The zero-order valence-electron chi connectivity index (χ0n) is 14.8. The van der Waals surface area contributed by atoms with E-state index in [2.05, 4.69) is 43.0 Å². The van der Waals surface area contributed by atoms with Crippen molar-refractivity contribution in [1.29, 1.82) is 0 Å². The van der Waals surface area contributed by atoms with Gasteiger partial charge in [0.15, 0.2) is 0 Å². The fraction of sp³-hybridized carbons (Fsp3) is 0.650. The second-order valence-electron chi connectivity index (χ2n) is 7.70. The summed E-state index contributed by atoms with van der Waals surface area (Å²) < 4.78 is 0. The number of carbonyl (C=O) groups is 1. The Labute approximate surface area is 140 Å². The van der Waals surface area contributed by atoms with E-state index in [1.54, 1.807) is 0 Å². The van der Waals surface area contributed by atoms with Gasteiger partial charge in [0.25, 0.3) is 0 Å². The zero-order valence-corrected chi connectivity index (χ0v) is 14.8. The monoisotopic (exact) mass is 314 g/mol. The van der Waals surface area contributed by atoms with E-state index in [9.17, 15) is 4.79 Å². The first kappa shape index (κ1) is 16.5. The molecule has 2 fully saturated rings. The highest BCUT2D eigenvalue weighted by Gasteiger charge is 2.43. The first-order valence-electron chi connectivity index (χ1n) is 9.08. The second-order valence-corrected chi connectivity index (χ2v) is 7.70. The molecule has 0 N–H and O–H groups in total. The van der Waals surface area contributed by atoms with Crippen LogP contribution in [0.2, 0.25) is 0 Å². The molecule has 2 aliphatic rings. The molecule has 0 radical (unpaired) electrons. The molecule has 126 valence electrons. The van der Waals surface area contributed by atoms with Gasteiger partial charge in [-0.15, -0.1) is 0 Å². The van der Waals surface area contributed by atoms with E-state index in [1.807, 2.05) is 11.9 Å². The smallest absolute Gasteiger partial charge is 0.222 e. The van der Waals surface area contributed by atoms with Crippen molar-refractivity contribution >= 4 is 5.91 Å². The average Bonchev–Trinajstić information content (AvgIpc) is 2.72. The molecule has 1 atom stereocenters. The van der Waals surface area contributed by atoms with Gasteiger partial charge in [-0.25, -0.2) is 0 Å². The number of hydrogen-bond donors (Lipinski definition) is 0. The summed E-state index contributed by atoms with van der Waals surface area (Å²) in [4.78, 5) is 16.5. The fourth-order valence-electron chi connectivity index (χ4n) is 4.18. The van der Waals surface area contributed by atoms with E-state index in [4.69, 9.17) is 0 Å². The molecule has 3 rings (SSSR count). The Balaban J connectivity index is 1.61. The third-order valence-electron chi connectivity index (χ3n) is 5.95. The molecule has 2 aliphatic heterocycles. The molecule has 0 saturated carbocycles. The van der Waals surface area contributed by atoms with E-state index in [1.165, 1.54) is 17.5 Å². The van der Waals surface area contributed by atoms with Crippen molar-refractivity contribution < 1.29 is 4.79 Å². The maximum atomic E-state index is 11.9. The lowest BCUT2D eigenvalue weighted by atomic mass is 9.88. The van der Waals surface area contributed by atoms with Crippen molar-refractivity contribution in [3.63, 3.8) is 0 Å². The van der Waals surface area contributed by atoms with Gasteiger partial charge in [-0.3, -0.25) is 9.69 Å². The van der Waals surface area contributed by atoms with Crippen LogP contribution in [0.4, 0.5) is 0 Å². The SMILES string of the molecule is CC(C)c1ccc(CN2CCCC3(CCC(=O)N3C)CC2)cc1. The molecule has 2 saturated heterocycles. The molecule has 0 aromatic heterocycles. The minimum atomic E-state index is 0.146. The molecule has 1 unspecified atom stereocenters. The highest BCUT2D eigenvalue weighted by molar-refractivity contribution is 5.79. The highest BCUT2D eigenvalue weighted by atomic mass is 16.2. The van der Waals surface area contributed by atoms with Crippen molar-refractivity contribution in [2.24, 2.45) is 0 Å². The topological polar surface area (TPSA) is 23.6 Å². The van der Waals surface area contributed by atoms with Crippen molar-refractivity contribution in [1.82, 2.24) is 9.80 Å². The molecular formula is C20H30N2O. The summed E-state index contributed by atoms with van der Waals surface area (Å²) in [5.74, 6) is 0.931. The van der Waals surface area contributed by atoms with Gasteiger partial charge in [-0.05, 0) is 49.3 Å². The first-order chi connectivity index (χ1) is 11.0. The van der Waals surface area contributed by atoms with Crippen molar-refractivity contribution in [3.05, 3.63) is 35.4 Å². The van der Waals surface area contributed by atoms with E-state index in [0.717, 1.165) is 45.3 Å². The van der Waals surface area contributed by atoms with Gasteiger partial charge >= 0.3 is 0 Å². The predicted octanol–water partition coefficient (Wildman–Crippen LogP) is 3.79. The van der Waals surface area contributed by atoms with Crippen molar-refractivity contribution in [2.75, 3.05) is 20.1 Å². The van der Waals surface area contributed by atoms with Crippen LogP contribution in [-0.4, -0.2) is 41.4 Å². The second kappa shape index (κ2) is 6.64. The third kappa shape index (κ3) is 3.45. The molecule has 3 heteroatoms. The van der Waals surface area contributed by atoms with E-state index in [-0.39, 0.29) is 5.54 Å². The molecule has 1 amide bonds. The van der Waals surface area contributed by atoms with Gasteiger partial charge in [0.1, 0.15) is 0 Å². The molecule has 23 heavy (non-hydrogen) atoms. The van der Waals surface area contributed by atoms with Crippen LogP contribution in [0.1, 0.15) is 63.0 Å². The number of carbonyl (C=O) groups excluding carboxylic acids is 1. The van der Waals surface area contributed by atoms with Crippen LogP contribution in [0.3, 0.4) is 0 Å². The predicted molar refractivity (Wildman–Crippen MR) is 94.4 cm³/mol. The van der Waals surface area contributed by atoms with Crippen LogP contribution >= 0.6 is 0 Å². The maximum absolute atomic E-state index is 11.9. The lowest BCUT2D eigenvalue weighted by Gasteiger charge is -2.35. The van der Waals surface area contributed by atoms with Gasteiger partial charge in [0.2, 0.25) is 5.91 Å². The Hall–Kier alpha value is -1.35. The Kier molecular flexibility index (Phi) is 4.77. The molecular weight excluding hydrogens is 284 g/mol. The van der Waals surface area contributed by atoms with Crippen LogP contribution in [0.25, 0.3) is 0 Å². The zero-order chi connectivity index (χ0) is 16.4. The van der Waals surface area contributed by atoms with Crippen molar-refractivity contribution in [3.8, 4) is 0 Å². The minimum absolute atomic E-state index is 0.146. The van der Waals surface area contributed by atoms with E-state index < -0.39 is 0 Å². The molecule has 0 bridgehead atoms. The van der Waals surface area contributed by atoms with Gasteiger partial charge in [-0.1, -0.05) is 38.1 Å². The standard InChI is InChI=1S/C20H30N2O/c1-16(2)18-7-5-17(6-8-18)15-22-13-4-10-20(12-14-22)11-9-19(23)21(20)3/h5-8,16H,4,9-15H2,1-3H3. The van der Waals surface area contributed by atoms with Crippen LogP contribution in [0.5, 0.6) is 0 Å². The largest absolute Gasteiger partial charge is 0.340 e. The average molecular weight is 314 g/mol. The van der Waals surface area contributed by atoms with E-state index in [0.29, 0.717) is 11.8 Å². The lowest BCUT2D eigenvalue weighted by molar-refractivity contribution is -0.129. The van der Waals surface area contributed by atoms with E-state index >= 15 is 0 Å². The summed E-state index contributed by atoms with van der Waals surface area (Å²) in [7, 11) is 2.01. The summed E-state index contributed by atoms with van der Waals surface area (Å²) in [5.41, 5.74) is 2.96. The molecule has 1 spiro atoms. The van der Waals surface area contributed by atoms with Gasteiger partial charge in [0.05, 0.1) is 0 Å². The summed E-state index contributed by atoms with van der Waals surface area (Å²) >= 11 is 0. The quantitative estimate of drug-likeness (QED) is 0.847. The Morgan fingerprint density at radius 3 is 2.43 bits per heavy atom. The molecule has 2 heterocycles. The first-order valence-corrected chi connectivity index (χ1v) is 9.08. The number of rotatable bonds is 3. The summed E-state index contributed by atoms with van der Waals surface area (Å²) in [6, 6.07) is 9.09. The molecule has 3 nitrogen and oxygen atoms in total. The number of hydrogen-bond acceptors (Lipinski definition) is 2. The normalized spacial score (nSPS) is 26.3. The van der Waals surface area contributed by atoms with Gasteiger partial charge < -0.3 is 4.90 Å². The van der Waals surface area contributed by atoms with Crippen LogP contribution in [0, 0.1) is 0 Å². The summed E-state index contributed by atoms with van der Waals surface area (Å²) in [6.45, 7) is 7.76.